The molecule has 0 aliphatic heterocycles. The van der Waals surface area contributed by atoms with Gasteiger partial charge in [-0.1, -0.05) is 105 Å². The van der Waals surface area contributed by atoms with E-state index in [1.165, 1.54) is 70.6 Å². The van der Waals surface area contributed by atoms with Crippen molar-refractivity contribution in [3.8, 4) is 0 Å². The van der Waals surface area contributed by atoms with Gasteiger partial charge < -0.3 is 14.6 Å². The normalized spacial score (nSPS) is 15.4. The summed E-state index contributed by atoms with van der Waals surface area (Å²) in [7, 11) is 0. The zero-order valence-corrected chi connectivity index (χ0v) is 22.4. The molecule has 1 N–H and O–H groups in total. The lowest BCUT2D eigenvalue weighted by Crippen LogP contribution is -2.32. The third-order valence-corrected chi connectivity index (χ3v) is 6.58. The molecule has 31 heavy (non-hydrogen) atoms. The third-order valence-electron chi connectivity index (χ3n) is 6.58. The summed E-state index contributed by atoms with van der Waals surface area (Å²) in [5, 5.41) is 9.66. The standard InChI is InChI=1S/C28H58O3/c1-8-9-10-11-12-20-28(6,7)31-23-27(22-29)30-21-19-26(5)18-14-17-25(4)16-13-15-24(2)3/h24-27,29H,8-23H2,1-7H3. The van der Waals surface area contributed by atoms with E-state index in [0.29, 0.717) is 12.5 Å². The molecular weight excluding hydrogens is 384 g/mol. The van der Waals surface area contributed by atoms with E-state index in [1.54, 1.807) is 0 Å². The maximum absolute atomic E-state index is 9.66. The monoisotopic (exact) mass is 442 g/mol. The predicted octanol–water partition coefficient (Wildman–Crippen LogP) is 8.18. The van der Waals surface area contributed by atoms with Crippen LogP contribution in [0.25, 0.3) is 0 Å². The maximum atomic E-state index is 9.66. The van der Waals surface area contributed by atoms with Gasteiger partial charge in [0.05, 0.1) is 18.8 Å². The van der Waals surface area contributed by atoms with Gasteiger partial charge in [0.1, 0.15) is 6.10 Å². The van der Waals surface area contributed by atoms with Gasteiger partial charge in [-0.25, -0.2) is 0 Å². The molecular formula is C28H58O3. The largest absolute Gasteiger partial charge is 0.394 e. The Bertz CT molecular complexity index is 380. The first-order chi connectivity index (χ1) is 14.7. The van der Waals surface area contributed by atoms with E-state index in [0.717, 1.165) is 31.3 Å². The van der Waals surface area contributed by atoms with E-state index < -0.39 is 0 Å². The smallest absolute Gasteiger partial charge is 0.104 e. The van der Waals surface area contributed by atoms with E-state index in [2.05, 4.69) is 48.5 Å². The Hall–Kier alpha value is -0.120. The average molecular weight is 443 g/mol. The Morgan fingerprint density at radius 2 is 1.32 bits per heavy atom. The van der Waals surface area contributed by atoms with Crippen LogP contribution in [0, 0.1) is 17.8 Å². The number of aliphatic hydroxyl groups excluding tert-OH is 1. The summed E-state index contributed by atoms with van der Waals surface area (Å²) < 4.78 is 12.0. The molecule has 188 valence electrons. The van der Waals surface area contributed by atoms with Crippen molar-refractivity contribution >= 4 is 0 Å². The number of hydrogen-bond donors (Lipinski definition) is 1. The Balaban J connectivity index is 3.85. The van der Waals surface area contributed by atoms with Crippen LogP contribution in [0.2, 0.25) is 0 Å². The van der Waals surface area contributed by atoms with Gasteiger partial charge in [-0.05, 0) is 44.4 Å². The van der Waals surface area contributed by atoms with Crippen molar-refractivity contribution in [3.63, 3.8) is 0 Å². The summed E-state index contributed by atoms with van der Waals surface area (Å²) >= 11 is 0. The average Bonchev–Trinajstić information content (AvgIpc) is 2.70. The summed E-state index contributed by atoms with van der Waals surface area (Å²) in [5.74, 6) is 2.37. The van der Waals surface area contributed by atoms with E-state index in [-0.39, 0.29) is 18.3 Å². The lowest BCUT2D eigenvalue weighted by Gasteiger charge is -2.28. The second kappa shape index (κ2) is 19.4. The van der Waals surface area contributed by atoms with E-state index in [9.17, 15) is 5.11 Å². The number of hydrogen-bond acceptors (Lipinski definition) is 3. The van der Waals surface area contributed by atoms with E-state index in [4.69, 9.17) is 9.47 Å². The molecule has 0 rings (SSSR count). The summed E-state index contributed by atoms with van der Waals surface area (Å²) in [6.45, 7) is 17.2. The fourth-order valence-corrected chi connectivity index (χ4v) is 4.11. The van der Waals surface area contributed by atoms with Crippen molar-refractivity contribution in [2.24, 2.45) is 17.8 Å². The summed E-state index contributed by atoms with van der Waals surface area (Å²) in [6.07, 6.45) is 16.5. The second-order valence-electron chi connectivity index (χ2n) is 11.2. The fraction of sp³-hybridized carbons (Fsp3) is 1.00. The van der Waals surface area contributed by atoms with Crippen molar-refractivity contribution < 1.29 is 14.6 Å². The molecule has 0 aromatic rings. The molecule has 0 radical (unpaired) electrons. The Kier molecular flexibility index (Phi) is 19.3. The van der Waals surface area contributed by atoms with Gasteiger partial charge in [0, 0.05) is 6.61 Å². The molecule has 0 heterocycles. The summed E-state index contributed by atoms with van der Waals surface area (Å²) in [6, 6.07) is 0. The number of aliphatic hydroxyl groups is 1. The van der Waals surface area contributed by atoms with Gasteiger partial charge in [-0.15, -0.1) is 0 Å². The number of rotatable bonds is 22. The highest BCUT2D eigenvalue weighted by atomic mass is 16.5. The summed E-state index contributed by atoms with van der Waals surface area (Å²) in [5.41, 5.74) is -0.137. The lowest BCUT2D eigenvalue weighted by molar-refractivity contribution is -0.0982. The molecule has 0 saturated heterocycles. The minimum atomic E-state index is -0.201. The van der Waals surface area contributed by atoms with Crippen LogP contribution in [0.5, 0.6) is 0 Å². The van der Waals surface area contributed by atoms with Crippen molar-refractivity contribution in [2.45, 2.75) is 144 Å². The maximum Gasteiger partial charge on any atom is 0.104 e. The van der Waals surface area contributed by atoms with Crippen LogP contribution in [0.15, 0.2) is 0 Å². The van der Waals surface area contributed by atoms with Crippen LogP contribution in [0.1, 0.15) is 132 Å². The van der Waals surface area contributed by atoms with Crippen LogP contribution in [-0.2, 0) is 9.47 Å². The molecule has 0 aromatic heterocycles. The minimum absolute atomic E-state index is 0.0366. The van der Waals surface area contributed by atoms with Gasteiger partial charge in [0.25, 0.3) is 0 Å². The molecule has 3 heteroatoms. The van der Waals surface area contributed by atoms with Crippen molar-refractivity contribution in [1.82, 2.24) is 0 Å². The summed E-state index contributed by atoms with van der Waals surface area (Å²) in [4.78, 5) is 0. The number of ether oxygens (including phenoxy) is 2. The van der Waals surface area contributed by atoms with Crippen LogP contribution in [0.4, 0.5) is 0 Å². The first-order valence-corrected chi connectivity index (χ1v) is 13.6. The predicted molar refractivity (Wildman–Crippen MR) is 136 cm³/mol. The SMILES string of the molecule is CCCCCCCC(C)(C)OCC(CO)OCCC(C)CCCC(C)CCCC(C)C. The van der Waals surface area contributed by atoms with Crippen LogP contribution in [-0.4, -0.2) is 36.6 Å². The zero-order chi connectivity index (χ0) is 23.5. The van der Waals surface area contributed by atoms with Crippen LogP contribution in [0.3, 0.4) is 0 Å². The molecule has 0 aromatic carbocycles. The van der Waals surface area contributed by atoms with Crippen molar-refractivity contribution in [3.05, 3.63) is 0 Å². The molecule has 3 unspecified atom stereocenters. The van der Waals surface area contributed by atoms with Gasteiger partial charge in [0.2, 0.25) is 0 Å². The topological polar surface area (TPSA) is 38.7 Å². The highest BCUT2D eigenvalue weighted by Crippen LogP contribution is 2.22. The molecule has 0 fully saturated rings. The van der Waals surface area contributed by atoms with Crippen LogP contribution >= 0.6 is 0 Å². The van der Waals surface area contributed by atoms with Gasteiger partial charge in [-0.3, -0.25) is 0 Å². The van der Waals surface area contributed by atoms with Crippen molar-refractivity contribution in [2.75, 3.05) is 19.8 Å². The minimum Gasteiger partial charge on any atom is -0.394 e. The Morgan fingerprint density at radius 3 is 1.90 bits per heavy atom. The molecule has 0 aliphatic rings. The van der Waals surface area contributed by atoms with Crippen LogP contribution < -0.4 is 0 Å². The van der Waals surface area contributed by atoms with Gasteiger partial charge >= 0.3 is 0 Å². The molecule has 0 bridgehead atoms. The first-order valence-electron chi connectivity index (χ1n) is 13.6. The van der Waals surface area contributed by atoms with Crippen molar-refractivity contribution in [1.29, 1.82) is 0 Å². The zero-order valence-electron chi connectivity index (χ0n) is 22.4. The molecule has 0 saturated carbocycles. The lowest BCUT2D eigenvalue weighted by atomic mass is 9.93. The van der Waals surface area contributed by atoms with E-state index in [1.807, 2.05) is 0 Å². The highest BCUT2D eigenvalue weighted by Gasteiger charge is 2.20. The third kappa shape index (κ3) is 20.2. The van der Waals surface area contributed by atoms with Gasteiger partial charge in [0.15, 0.2) is 0 Å². The first kappa shape index (κ1) is 30.9. The highest BCUT2D eigenvalue weighted by molar-refractivity contribution is 4.70. The Morgan fingerprint density at radius 1 is 0.742 bits per heavy atom. The second-order valence-corrected chi connectivity index (χ2v) is 11.2. The molecule has 0 spiro atoms. The fourth-order valence-electron chi connectivity index (χ4n) is 4.11. The molecule has 0 amide bonds. The number of unbranched alkanes of at least 4 members (excludes halogenated alkanes) is 4. The van der Waals surface area contributed by atoms with Gasteiger partial charge in [-0.2, -0.15) is 0 Å². The molecule has 3 nitrogen and oxygen atoms in total. The van der Waals surface area contributed by atoms with E-state index >= 15 is 0 Å². The molecule has 0 aliphatic carbocycles. The quantitative estimate of drug-likeness (QED) is 0.172. The molecule has 3 atom stereocenters. The Labute approximate surface area is 196 Å².